The van der Waals surface area contributed by atoms with E-state index in [1.807, 2.05) is 55.5 Å². The van der Waals surface area contributed by atoms with Gasteiger partial charge in [0.15, 0.2) is 0 Å². The summed E-state index contributed by atoms with van der Waals surface area (Å²) in [6.07, 6.45) is 0.254. The van der Waals surface area contributed by atoms with Crippen molar-refractivity contribution >= 4 is 23.2 Å². The van der Waals surface area contributed by atoms with Crippen LogP contribution in [0.2, 0.25) is 0 Å². The molecule has 1 aliphatic rings. The zero-order valence-corrected chi connectivity index (χ0v) is 15.0. The number of nitrogens with zero attached hydrogens (tertiary/aromatic N) is 1. The van der Waals surface area contributed by atoms with Crippen molar-refractivity contribution in [2.75, 3.05) is 16.8 Å². The van der Waals surface area contributed by atoms with Gasteiger partial charge in [-0.2, -0.15) is 0 Å². The molecule has 1 heterocycles. The first-order valence-corrected chi connectivity index (χ1v) is 8.72. The van der Waals surface area contributed by atoms with Crippen LogP contribution in [0.4, 0.5) is 11.4 Å². The molecule has 0 aliphatic carbocycles. The minimum absolute atomic E-state index is 0.00426. The largest absolute Gasteiger partial charge is 0.326 e. The maximum atomic E-state index is 12.6. The number of rotatable bonds is 4. The molecular weight excluding hydrogens is 312 g/mol. The van der Waals surface area contributed by atoms with Crippen LogP contribution in [0.5, 0.6) is 0 Å². The Bertz CT molecular complexity index is 781. The van der Waals surface area contributed by atoms with Gasteiger partial charge in [-0.1, -0.05) is 44.2 Å². The van der Waals surface area contributed by atoms with Crippen LogP contribution in [0.15, 0.2) is 48.5 Å². The smallest absolute Gasteiger partial charge is 0.229 e. The van der Waals surface area contributed by atoms with Gasteiger partial charge in [0.2, 0.25) is 11.8 Å². The summed E-state index contributed by atoms with van der Waals surface area (Å²) < 4.78 is 0. The van der Waals surface area contributed by atoms with E-state index in [9.17, 15) is 9.59 Å². The molecule has 4 heteroatoms. The topological polar surface area (TPSA) is 49.4 Å². The number of hydrogen-bond donors (Lipinski definition) is 1. The lowest BCUT2D eigenvalue weighted by atomic mass is 10.0. The third-order valence-electron chi connectivity index (χ3n) is 4.75. The zero-order valence-electron chi connectivity index (χ0n) is 15.0. The predicted molar refractivity (Wildman–Crippen MR) is 101 cm³/mol. The summed E-state index contributed by atoms with van der Waals surface area (Å²) in [7, 11) is 0. The van der Waals surface area contributed by atoms with Crippen LogP contribution in [0.25, 0.3) is 0 Å². The van der Waals surface area contributed by atoms with E-state index >= 15 is 0 Å². The third kappa shape index (κ3) is 3.73. The lowest BCUT2D eigenvalue weighted by Gasteiger charge is -2.19. The molecule has 3 rings (SSSR count). The molecule has 0 radical (unpaired) electrons. The number of carbonyl (C=O) groups excluding carboxylic acids is 2. The Morgan fingerprint density at radius 2 is 1.80 bits per heavy atom. The van der Waals surface area contributed by atoms with Crippen molar-refractivity contribution in [2.24, 2.45) is 5.92 Å². The summed E-state index contributed by atoms with van der Waals surface area (Å²) in [5, 5.41) is 2.94. The first kappa shape index (κ1) is 17.2. The highest BCUT2D eigenvalue weighted by molar-refractivity contribution is 6.03. The summed E-state index contributed by atoms with van der Waals surface area (Å²) in [5.41, 5.74) is 3.95. The van der Waals surface area contributed by atoms with Gasteiger partial charge in [-0.05, 0) is 42.2 Å². The normalized spacial score (nSPS) is 17.2. The molecule has 0 bridgehead atoms. The molecule has 2 amide bonds. The van der Waals surface area contributed by atoms with Crippen LogP contribution in [0.1, 0.15) is 37.3 Å². The van der Waals surface area contributed by atoms with E-state index in [0.29, 0.717) is 12.5 Å². The van der Waals surface area contributed by atoms with E-state index in [1.165, 1.54) is 5.56 Å². The van der Waals surface area contributed by atoms with Gasteiger partial charge in [0.1, 0.15) is 0 Å². The number of benzene rings is 2. The van der Waals surface area contributed by atoms with Crippen molar-refractivity contribution in [3.63, 3.8) is 0 Å². The molecule has 0 saturated carbocycles. The first-order chi connectivity index (χ1) is 12.0. The Hall–Kier alpha value is -2.62. The Morgan fingerprint density at radius 3 is 2.44 bits per heavy atom. The minimum atomic E-state index is -0.322. The fourth-order valence-electron chi connectivity index (χ4n) is 3.18. The van der Waals surface area contributed by atoms with Crippen molar-refractivity contribution in [1.82, 2.24) is 0 Å². The zero-order chi connectivity index (χ0) is 18.0. The van der Waals surface area contributed by atoms with Crippen molar-refractivity contribution < 1.29 is 9.59 Å². The third-order valence-corrected chi connectivity index (χ3v) is 4.75. The average Bonchev–Trinajstić information content (AvgIpc) is 2.97. The number of hydrogen-bond acceptors (Lipinski definition) is 2. The second kappa shape index (κ2) is 7.09. The highest BCUT2D eigenvalue weighted by Crippen LogP contribution is 2.28. The monoisotopic (exact) mass is 336 g/mol. The Kier molecular flexibility index (Phi) is 4.88. The van der Waals surface area contributed by atoms with Crippen molar-refractivity contribution in [1.29, 1.82) is 0 Å². The molecule has 0 aromatic heterocycles. The number of anilines is 2. The molecule has 0 unspecified atom stereocenters. The molecule has 25 heavy (non-hydrogen) atoms. The van der Waals surface area contributed by atoms with Gasteiger partial charge in [-0.3, -0.25) is 9.59 Å². The van der Waals surface area contributed by atoms with E-state index in [2.05, 4.69) is 19.2 Å². The summed E-state index contributed by atoms with van der Waals surface area (Å²) in [6, 6.07) is 15.7. The standard InChI is InChI=1S/C21H24N2O2/c1-14(2)16-8-10-18(11-9-16)22-21(25)17-12-20(24)23(13-17)19-7-5-4-6-15(19)3/h4-11,14,17H,12-13H2,1-3H3,(H,22,25)/t17-/m0/s1. The van der Waals surface area contributed by atoms with Crippen molar-refractivity contribution in [2.45, 2.75) is 33.1 Å². The molecule has 2 aromatic rings. The molecule has 1 aliphatic heterocycles. The van der Waals surface area contributed by atoms with Crippen LogP contribution in [-0.2, 0) is 9.59 Å². The summed E-state index contributed by atoms with van der Waals surface area (Å²) >= 11 is 0. The maximum absolute atomic E-state index is 12.6. The van der Waals surface area contributed by atoms with E-state index in [4.69, 9.17) is 0 Å². The molecule has 0 spiro atoms. The minimum Gasteiger partial charge on any atom is -0.326 e. The van der Waals surface area contributed by atoms with Crippen molar-refractivity contribution in [3.8, 4) is 0 Å². The second-order valence-corrected chi connectivity index (χ2v) is 6.96. The van der Waals surface area contributed by atoms with Crippen LogP contribution in [-0.4, -0.2) is 18.4 Å². The summed E-state index contributed by atoms with van der Waals surface area (Å²) in [6.45, 7) is 6.68. The van der Waals surface area contributed by atoms with Gasteiger partial charge in [0, 0.05) is 24.3 Å². The number of aryl methyl sites for hydroxylation is 1. The van der Waals surface area contributed by atoms with E-state index in [1.54, 1.807) is 4.90 Å². The molecule has 130 valence electrons. The fraction of sp³-hybridized carbons (Fsp3) is 0.333. The Morgan fingerprint density at radius 1 is 1.12 bits per heavy atom. The average molecular weight is 336 g/mol. The summed E-state index contributed by atoms with van der Waals surface area (Å²) in [4.78, 5) is 26.6. The quantitative estimate of drug-likeness (QED) is 0.913. The molecular formula is C21H24N2O2. The van der Waals surface area contributed by atoms with Gasteiger partial charge in [0.25, 0.3) is 0 Å². The SMILES string of the molecule is Cc1ccccc1N1C[C@@H](C(=O)Nc2ccc(C(C)C)cc2)CC1=O. The number of nitrogens with one attached hydrogen (secondary N) is 1. The highest BCUT2D eigenvalue weighted by Gasteiger charge is 2.35. The molecule has 1 N–H and O–H groups in total. The second-order valence-electron chi connectivity index (χ2n) is 6.96. The van der Waals surface area contributed by atoms with Gasteiger partial charge in [0.05, 0.1) is 5.92 Å². The molecule has 2 aromatic carbocycles. The molecule has 1 saturated heterocycles. The van der Waals surface area contributed by atoms with Crippen LogP contribution < -0.4 is 10.2 Å². The highest BCUT2D eigenvalue weighted by atomic mass is 16.2. The van der Waals surface area contributed by atoms with Crippen molar-refractivity contribution in [3.05, 3.63) is 59.7 Å². The van der Waals surface area contributed by atoms with Crippen LogP contribution in [0, 0.1) is 12.8 Å². The van der Waals surface area contributed by atoms with Crippen LogP contribution >= 0.6 is 0 Å². The van der Waals surface area contributed by atoms with Gasteiger partial charge < -0.3 is 10.2 Å². The number of amides is 2. The maximum Gasteiger partial charge on any atom is 0.229 e. The van der Waals surface area contributed by atoms with E-state index < -0.39 is 0 Å². The molecule has 1 fully saturated rings. The lowest BCUT2D eigenvalue weighted by Crippen LogP contribution is -2.28. The van der Waals surface area contributed by atoms with E-state index in [-0.39, 0.29) is 24.2 Å². The van der Waals surface area contributed by atoms with Gasteiger partial charge in [-0.15, -0.1) is 0 Å². The number of carbonyl (C=O) groups is 2. The van der Waals surface area contributed by atoms with Gasteiger partial charge >= 0.3 is 0 Å². The number of para-hydroxylation sites is 1. The molecule has 4 nitrogen and oxygen atoms in total. The Labute approximate surface area is 148 Å². The Balaban J connectivity index is 1.67. The lowest BCUT2D eigenvalue weighted by molar-refractivity contribution is -0.122. The fourth-order valence-corrected chi connectivity index (χ4v) is 3.18. The van der Waals surface area contributed by atoms with Gasteiger partial charge in [-0.25, -0.2) is 0 Å². The molecule has 1 atom stereocenters. The van der Waals surface area contributed by atoms with Crippen LogP contribution in [0.3, 0.4) is 0 Å². The first-order valence-electron chi connectivity index (χ1n) is 8.72. The van der Waals surface area contributed by atoms with E-state index in [0.717, 1.165) is 16.9 Å². The predicted octanol–water partition coefficient (Wildman–Crippen LogP) is 4.11. The summed E-state index contributed by atoms with van der Waals surface area (Å²) in [5.74, 6) is 0.0445.